The van der Waals surface area contributed by atoms with Gasteiger partial charge in [0.1, 0.15) is 5.58 Å². The first-order chi connectivity index (χ1) is 13.5. The minimum absolute atomic E-state index is 0.0947. The highest BCUT2D eigenvalue weighted by atomic mass is 35.5. The number of likely N-dealkylation sites (tertiary alicyclic amines) is 1. The fraction of sp³-hybridized carbons (Fsp3) is 0.364. The number of benzene rings is 1. The van der Waals surface area contributed by atoms with E-state index in [1.54, 1.807) is 12.1 Å². The third kappa shape index (κ3) is 2.99. The average molecular weight is 397 g/mol. The molecule has 2 bridgehead atoms. The molecule has 0 amide bonds. The highest BCUT2D eigenvalue weighted by Crippen LogP contribution is 2.36. The number of hydrogen-bond donors (Lipinski definition) is 0. The van der Waals surface area contributed by atoms with Gasteiger partial charge in [0.15, 0.2) is 0 Å². The second-order valence-corrected chi connectivity index (χ2v) is 8.49. The van der Waals surface area contributed by atoms with Crippen LogP contribution in [-0.4, -0.2) is 22.6 Å². The maximum Gasteiger partial charge on any atom is 0.336 e. The standard InChI is InChI=1S/C22H21ClN2O3/c1-13-5-20-17(8-18(13)23)15(7-22(27)28-20)11-24-9-14-6-16(12-24)19-3-2-4-21(26)25(19)10-14/h2-5,7-8,14,16H,6,9-12H2,1H3/t14-,16+/m0/s1. The number of pyridine rings is 1. The number of piperidine rings is 1. The molecule has 0 saturated carbocycles. The van der Waals surface area contributed by atoms with Crippen LogP contribution >= 0.6 is 11.6 Å². The molecule has 6 heteroatoms. The molecule has 2 aromatic heterocycles. The summed E-state index contributed by atoms with van der Waals surface area (Å²) in [5.41, 5.74) is 3.31. The summed E-state index contributed by atoms with van der Waals surface area (Å²) < 4.78 is 7.33. The van der Waals surface area contributed by atoms with Crippen LogP contribution < -0.4 is 11.2 Å². The lowest BCUT2D eigenvalue weighted by molar-refractivity contribution is 0.114. The Labute approximate surface area is 167 Å². The highest BCUT2D eigenvalue weighted by Gasteiger charge is 2.34. The van der Waals surface area contributed by atoms with E-state index >= 15 is 0 Å². The fourth-order valence-corrected chi connectivity index (χ4v) is 5.01. The van der Waals surface area contributed by atoms with Gasteiger partial charge in [-0.15, -0.1) is 0 Å². The molecular formula is C22H21ClN2O3. The van der Waals surface area contributed by atoms with Crippen molar-refractivity contribution in [3.63, 3.8) is 0 Å². The molecule has 1 saturated heterocycles. The summed E-state index contributed by atoms with van der Waals surface area (Å²) in [4.78, 5) is 26.7. The SMILES string of the molecule is Cc1cc2oc(=O)cc(CN3C[C@@H]4C[C@H](C3)c3cccc(=O)n3C4)c2cc1Cl. The highest BCUT2D eigenvalue weighted by molar-refractivity contribution is 6.32. The molecule has 2 aliphatic rings. The van der Waals surface area contributed by atoms with Crippen molar-refractivity contribution in [1.29, 1.82) is 0 Å². The molecule has 0 unspecified atom stereocenters. The Balaban J connectivity index is 1.49. The van der Waals surface area contributed by atoms with Crippen molar-refractivity contribution in [1.82, 2.24) is 9.47 Å². The van der Waals surface area contributed by atoms with Crippen LogP contribution in [0.2, 0.25) is 5.02 Å². The van der Waals surface area contributed by atoms with E-state index in [9.17, 15) is 9.59 Å². The Kier molecular flexibility index (Phi) is 4.18. The van der Waals surface area contributed by atoms with E-state index < -0.39 is 0 Å². The zero-order chi connectivity index (χ0) is 19.4. The molecular weight excluding hydrogens is 376 g/mol. The molecule has 5 nitrogen and oxygen atoms in total. The minimum Gasteiger partial charge on any atom is -0.423 e. The molecule has 3 aromatic rings. The first-order valence-electron chi connectivity index (χ1n) is 9.63. The lowest BCUT2D eigenvalue weighted by Gasteiger charge is -2.42. The second-order valence-electron chi connectivity index (χ2n) is 8.08. The Hall–Kier alpha value is -2.37. The Morgan fingerprint density at radius 1 is 1.14 bits per heavy atom. The summed E-state index contributed by atoms with van der Waals surface area (Å²) in [5, 5.41) is 1.56. The lowest BCUT2D eigenvalue weighted by atomic mass is 9.83. The van der Waals surface area contributed by atoms with Gasteiger partial charge in [0.05, 0.1) is 0 Å². The van der Waals surface area contributed by atoms with Crippen LogP contribution in [-0.2, 0) is 13.1 Å². The van der Waals surface area contributed by atoms with Gasteiger partial charge in [-0.05, 0) is 48.6 Å². The van der Waals surface area contributed by atoms with Gasteiger partial charge in [-0.1, -0.05) is 17.7 Å². The number of aryl methyl sites for hydroxylation is 1. The van der Waals surface area contributed by atoms with Crippen molar-refractivity contribution in [2.24, 2.45) is 5.92 Å². The van der Waals surface area contributed by atoms with Crippen LogP contribution in [0.3, 0.4) is 0 Å². The van der Waals surface area contributed by atoms with Crippen LogP contribution in [0.4, 0.5) is 0 Å². The molecule has 0 spiro atoms. The molecule has 144 valence electrons. The number of aromatic nitrogens is 1. The van der Waals surface area contributed by atoms with Gasteiger partial charge in [-0.25, -0.2) is 4.79 Å². The van der Waals surface area contributed by atoms with Crippen LogP contribution in [0.15, 0.2) is 50.4 Å². The maximum atomic E-state index is 12.2. The second kappa shape index (κ2) is 6.61. The Bertz CT molecular complexity index is 1200. The zero-order valence-electron chi connectivity index (χ0n) is 15.7. The normalized spacial score (nSPS) is 21.6. The molecule has 4 heterocycles. The number of rotatable bonds is 2. The summed E-state index contributed by atoms with van der Waals surface area (Å²) in [6.07, 6.45) is 1.11. The van der Waals surface area contributed by atoms with Crippen LogP contribution in [0.1, 0.15) is 29.2 Å². The van der Waals surface area contributed by atoms with Crippen molar-refractivity contribution >= 4 is 22.6 Å². The van der Waals surface area contributed by atoms with E-state index in [-0.39, 0.29) is 11.2 Å². The fourth-order valence-electron chi connectivity index (χ4n) is 4.84. The van der Waals surface area contributed by atoms with E-state index in [2.05, 4.69) is 11.0 Å². The van der Waals surface area contributed by atoms with Crippen molar-refractivity contribution in [3.05, 3.63) is 79.0 Å². The third-order valence-corrected chi connectivity index (χ3v) is 6.47. The van der Waals surface area contributed by atoms with Gasteiger partial charge in [0.2, 0.25) is 0 Å². The summed E-state index contributed by atoms with van der Waals surface area (Å²) in [6, 6.07) is 10.9. The van der Waals surface area contributed by atoms with Crippen molar-refractivity contribution < 1.29 is 4.42 Å². The summed E-state index contributed by atoms with van der Waals surface area (Å²) >= 11 is 6.33. The van der Waals surface area contributed by atoms with Crippen LogP contribution in [0, 0.1) is 12.8 Å². The molecule has 1 aromatic carbocycles. The molecule has 0 aliphatic carbocycles. The zero-order valence-corrected chi connectivity index (χ0v) is 16.4. The van der Waals surface area contributed by atoms with Gasteiger partial charge < -0.3 is 8.98 Å². The van der Waals surface area contributed by atoms with E-state index in [1.807, 2.05) is 29.7 Å². The molecule has 2 atom stereocenters. The van der Waals surface area contributed by atoms with Gasteiger partial charge in [-0.3, -0.25) is 9.69 Å². The number of nitrogens with zero attached hydrogens (tertiary/aromatic N) is 2. The predicted molar refractivity (Wildman–Crippen MR) is 109 cm³/mol. The van der Waals surface area contributed by atoms with Gasteiger partial charge in [0.25, 0.3) is 5.56 Å². The van der Waals surface area contributed by atoms with E-state index in [1.165, 1.54) is 0 Å². The third-order valence-electron chi connectivity index (χ3n) is 6.06. The molecule has 1 fully saturated rings. The number of halogens is 1. The monoisotopic (exact) mass is 396 g/mol. The average Bonchev–Trinajstić information content (AvgIpc) is 2.64. The summed E-state index contributed by atoms with van der Waals surface area (Å²) in [5.74, 6) is 0.794. The van der Waals surface area contributed by atoms with E-state index in [0.29, 0.717) is 29.0 Å². The Morgan fingerprint density at radius 3 is 2.86 bits per heavy atom. The van der Waals surface area contributed by atoms with Gasteiger partial charge in [0, 0.05) is 60.3 Å². The quantitative estimate of drug-likeness (QED) is 0.622. The topological polar surface area (TPSA) is 55.5 Å². The maximum absolute atomic E-state index is 12.2. The van der Waals surface area contributed by atoms with Gasteiger partial charge in [-0.2, -0.15) is 0 Å². The molecule has 2 aliphatic heterocycles. The number of fused-ring (bicyclic) bond motifs is 5. The molecule has 5 rings (SSSR count). The first-order valence-corrected chi connectivity index (χ1v) is 10.0. The van der Waals surface area contributed by atoms with E-state index in [0.717, 1.165) is 48.3 Å². The van der Waals surface area contributed by atoms with Gasteiger partial charge >= 0.3 is 5.63 Å². The Morgan fingerprint density at radius 2 is 2.00 bits per heavy atom. The van der Waals surface area contributed by atoms with Crippen molar-refractivity contribution in [2.45, 2.75) is 32.4 Å². The summed E-state index contributed by atoms with van der Waals surface area (Å²) in [7, 11) is 0. The largest absolute Gasteiger partial charge is 0.423 e. The predicted octanol–water partition coefficient (Wildman–Crippen LogP) is 3.54. The number of hydrogen-bond acceptors (Lipinski definition) is 4. The minimum atomic E-state index is -0.335. The molecule has 0 radical (unpaired) electrons. The first kappa shape index (κ1) is 17.7. The molecule has 28 heavy (non-hydrogen) atoms. The summed E-state index contributed by atoms with van der Waals surface area (Å²) in [6.45, 7) is 5.13. The molecule has 0 N–H and O–H groups in total. The van der Waals surface area contributed by atoms with Crippen molar-refractivity contribution in [2.75, 3.05) is 13.1 Å². The lowest BCUT2D eigenvalue weighted by Crippen LogP contribution is -2.46. The van der Waals surface area contributed by atoms with E-state index in [4.69, 9.17) is 16.0 Å². The smallest absolute Gasteiger partial charge is 0.336 e. The van der Waals surface area contributed by atoms with Crippen LogP contribution in [0.25, 0.3) is 11.0 Å². The van der Waals surface area contributed by atoms with Crippen LogP contribution in [0.5, 0.6) is 0 Å². The van der Waals surface area contributed by atoms with Crippen molar-refractivity contribution in [3.8, 4) is 0 Å².